The van der Waals surface area contributed by atoms with Crippen molar-refractivity contribution in [3.8, 4) is 0 Å². The number of carboxylic acid groups (broad SMARTS) is 2. The highest BCUT2D eigenvalue weighted by Crippen LogP contribution is 2.39. The van der Waals surface area contributed by atoms with Gasteiger partial charge in [-0.15, -0.1) is 0 Å². The van der Waals surface area contributed by atoms with Crippen molar-refractivity contribution < 1.29 is 55.7 Å². The zero-order valence-corrected chi connectivity index (χ0v) is 20.2. The summed E-state index contributed by atoms with van der Waals surface area (Å²) in [5.41, 5.74) is 0.740. The lowest BCUT2D eigenvalue weighted by Crippen LogP contribution is -2.67. The number of nitrogens with one attached hydrogen (secondary N) is 1. The van der Waals surface area contributed by atoms with Crippen molar-refractivity contribution in [1.29, 1.82) is 0 Å². The molecule has 1 aromatic heterocycles. The SMILES string of the molecule is O=C(NCC1CCC2(CN(C3CCCC3)C2)OC1)c1cccnc1.O=C(O)C(F)(F)F.O=C(O)C(F)(F)F. The van der Waals surface area contributed by atoms with Crippen LogP contribution in [0.2, 0.25) is 0 Å². The van der Waals surface area contributed by atoms with Gasteiger partial charge in [-0.2, -0.15) is 26.3 Å². The lowest BCUT2D eigenvalue weighted by atomic mass is 9.82. The number of carbonyl (C=O) groups excluding carboxylic acids is 1. The maximum absolute atomic E-state index is 12.1. The number of amides is 1. The first kappa shape index (κ1) is 31.3. The molecule has 15 heteroatoms. The largest absolute Gasteiger partial charge is 0.490 e. The third-order valence-corrected chi connectivity index (χ3v) is 6.42. The van der Waals surface area contributed by atoms with Gasteiger partial charge in [-0.3, -0.25) is 14.7 Å². The number of hydrogen-bond donors (Lipinski definition) is 3. The second kappa shape index (κ2) is 13.2. The van der Waals surface area contributed by atoms with E-state index in [0.717, 1.165) is 38.6 Å². The fraction of sp³-hybridized carbons (Fsp3) is 0.652. The Morgan fingerprint density at radius 3 is 2.00 bits per heavy atom. The molecule has 38 heavy (non-hydrogen) atoms. The molecule has 9 nitrogen and oxygen atoms in total. The van der Waals surface area contributed by atoms with E-state index in [1.165, 1.54) is 25.7 Å². The van der Waals surface area contributed by atoms with Crippen molar-refractivity contribution in [2.75, 3.05) is 26.2 Å². The van der Waals surface area contributed by atoms with Crippen LogP contribution in [0.5, 0.6) is 0 Å². The molecule has 2 saturated heterocycles. The Hall–Kier alpha value is -2.94. The molecule has 3 heterocycles. The number of aliphatic carboxylic acids is 2. The fourth-order valence-electron chi connectivity index (χ4n) is 4.39. The van der Waals surface area contributed by atoms with E-state index < -0.39 is 24.3 Å². The second-order valence-corrected chi connectivity index (χ2v) is 9.30. The number of carbonyl (C=O) groups is 3. The first-order valence-corrected chi connectivity index (χ1v) is 11.8. The smallest absolute Gasteiger partial charge is 0.475 e. The molecule has 3 N–H and O–H groups in total. The monoisotopic (exact) mass is 557 g/mol. The molecular formula is C23H29F6N3O6. The number of likely N-dealkylation sites (tertiary alicyclic amines) is 1. The third-order valence-electron chi connectivity index (χ3n) is 6.42. The summed E-state index contributed by atoms with van der Waals surface area (Å²) in [6.45, 7) is 3.70. The number of aromatic nitrogens is 1. The Balaban J connectivity index is 0.000000301. The van der Waals surface area contributed by atoms with Crippen LogP contribution in [0.25, 0.3) is 0 Å². The number of pyridine rings is 1. The van der Waals surface area contributed by atoms with Gasteiger partial charge in [0.2, 0.25) is 0 Å². The number of ether oxygens (including phenoxy) is 1. The Kier molecular flexibility index (Phi) is 10.9. The van der Waals surface area contributed by atoms with E-state index in [4.69, 9.17) is 24.5 Å². The highest BCUT2D eigenvalue weighted by atomic mass is 19.4. The van der Waals surface area contributed by atoms with E-state index in [0.29, 0.717) is 18.0 Å². The quantitative estimate of drug-likeness (QED) is 0.480. The zero-order chi connectivity index (χ0) is 28.6. The molecule has 0 radical (unpaired) electrons. The molecule has 2 aliphatic heterocycles. The molecule has 1 spiro atoms. The maximum atomic E-state index is 12.1. The van der Waals surface area contributed by atoms with Gasteiger partial charge in [0, 0.05) is 38.1 Å². The van der Waals surface area contributed by atoms with Gasteiger partial charge in [-0.25, -0.2) is 9.59 Å². The molecule has 4 rings (SSSR count). The molecule has 0 bridgehead atoms. The normalized spacial score (nSPS) is 21.3. The van der Waals surface area contributed by atoms with Crippen LogP contribution in [0.3, 0.4) is 0 Å². The molecule has 3 aliphatic rings. The summed E-state index contributed by atoms with van der Waals surface area (Å²) in [6.07, 6.45) is 0.932. The van der Waals surface area contributed by atoms with Gasteiger partial charge in [-0.05, 0) is 43.7 Å². The molecule has 1 saturated carbocycles. The molecule has 1 amide bonds. The van der Waals surface area contributed by atoms with Crippen molar-refractivity contribution >= 4 is 17.8 Å². The van der Waals surface area contributed by atoms with Gasteiger partial charge in [-0.1, -0.05) is 12.8 Å². The minimum atomic E-state index is -5.08. The summed E-state index contributed by atoms with van der Waals surface area (Å²) in [5, 5.41) is 17.3. The lowest BCUT2D eigenvalue weighted by molar-refractivity contribution is -0.193. The van der Waals surface area contributed by atoms with E-state index in [-0.39, 0.29) is 11.5 Å². The van der Waals surface area contributed by atoms with E-state index in [2.05, 4.69) is 15.2 Å². The van der Waals surface area contributed by atoms with E-state index in [1.807, 2.05) is 0 Å². The van der Waals surface area contributed by atoms with Crippen LogP contribution in [0.15, 0.2) is 24.5 Å². The summed E-state index contributed by atoms with van der Waals surface area (Å²) in [4.78, 5) is 36.5. The lowest BCUT2D eigenvalue weighted by Gasteiger charge is -2.55. The predicted octanol–water partition coefficient (Wildman–Crippen LogP) is 3.50. The van der Waals surface area contributed by atoms with Crippen molar-refractivity contribution in [1.82, 2.24) is 15.2 Å². The van der Waals surface area contributed by atoms with Crippen LogP contribution in [0.1, 0.15) is 48.9 Å². The number of halogens is 6. The fourth-order valence-corrected chi connectivity index (χ4v) is 4.39. The van der Waals surface area contributed by atoms with Gasteiger partial charge in [0.25, 0.3) is 5.91 Å². The summed E-state index contributed by atoms with van der Waals surface area (Å²) < 4.78 is 69.7. The van der Waals surface area contributed by atoms with Gasteiger partial charge in [0.1, 0.15) is 0 Å². The minimum absolute atomic E-state index is 0.0422. The average Bonchev–Trinajstić information content (AvgIpc) is 3.36. The molecule has 3 fully saturated rings. The third kappa shape index (κ3) is 9.74. The standard InChI is InChI=1S/C19H27N3O2.2C2HF3O2/c23-18(16-4-3-9-20-11-16)21-10-15-7-8-19(24-12-15)13-22(14-19)17-5-1-2-6-17;2*3-2(4,5)1(6)7/h3-4,9,11,15,17H,1-2,5-8,10,12-14H2,(H,21,23);2*(H,6,7). The van der Waals surface area contributed by atoms with Crippen LogP contribution in [0.4, 0.5) is 26.3 Å². The molecule has 1 unspecified atom stereocenters. The topological polar surface area (TPSA) is 129 Å². The summed E-state index contributed by atoms with van der Waals surface area (Å²) >= 11 is 0. The van der Waals surface area contributed by atoms with Gasteiger partial charge < -0.3 is 20.3 Å². The Bertz CT molecular complexity index is 898. The predicted molar refractivity (Wildman–Crippen MR) is 119 cm³/mol. The number of rotatable bonds is 4. The summed E-state index contributed by atoms with van der Waals surface area (Å²) in [7, 11) is 0. The minimum Gasteiger partial charge on any atom is -0.475 e. The molecule has 1 aliphatic carbocycles. The van der Waals surface area contributed by atoms with Crippen molar-refractivity contribution in [3.05, 3.63) is 30.1 Å². The Morgan fingerprint density at radius 2 is 1.58 bits per heavy atom. The zero-order valence-electron chi connectivity index (χ0n) is 20.2. The summed E-state index contributed by atoms with van der Waals surface area (Å²) in [6, 6.07) is 4.39. The van der Waals surface area contributed by atoms with Crippen LogP contribution in [-0.2, 0) is 14.3 Å². The maximum Gasteiger partial charge on any atom is 0.490 e. The van der Waals surface area contributed by atoms with Crippen LogP contribution < -0.4 is 5.32 Å². The molecule has 214 valence electrons. The van der Waals surface area contributed by atoms with Gasteiger partial charge >= 0.3 is 24.3 Å². The second-order valence-electron chi connectivity index (χ2n) is 9.30. The van der Waals surface area contributed by atoms with Crippen molar-refractivity contribution in [3.63, 3.8) is 0 Å². The molecule has 1 aromatic rings. The molecule has 1 atom stereocenters. The number of hydrogen-bond acceptors (Lipinski definition) is 6. The number of carboxylic acids is 2. The first-order valence-electron chi connectivity index (χ1n) is 11.8. The van der Waals surface area contributed by atoms with Crippen LogP contribution >= 0.6 is 0 Å². The van der Waals surface area contributed by atoms with Gasteiger partial charge in [0.15, 0.2) is 0 Å². The average molecular weight is 557 g/mol. The van der Waals surface area contributed by atoms with E-state index in [1.54, 1.807) is 24.5 Å². The highest BCUT2D eigenvalue weighted by molar-refractivity contribution is 5.93. The van der Waals surface area contributed by atoms with Crippen molar-refractivity contribution in [2.24, 2.45) is 5.92 Å². The van der Waals surface area contributed by atoms with Gasteiger partial charge in [0.05, 0.1) is 17.8 Å². The first-order chi connectivity index (χ1) is 17.6. The van der Waals surface area contributed by atoms with Crippen LogP contribution in [-0.4, -0.2) is 88.2 Å². The highest BCUT2D eigenvalue weighted by Gasteiger charge is 2.48. The number of alkyl halides is 6. The Labute approximate surface area is 214 Å². The van der Waals surface area contributed by atoms with E-state index in [9.17, 15) is 31.1 Å². The van der Waals surface area contributed by atoms with E-state index >= 15 is 0 Å². The summed E-state index contributed by atoms with van der Waals surface area (Å²) in [5.74, 6) is -5.13. The molecular weight excluding hydrogens is 528 g/mol. The van der Waals surface area contributed by atoms with Crippen molar-refractivity contribution in [2.45, 2.75) is 62.5 Å². The van der Waals surface area contributed by atoms with Crippen LogP contribution in [0, 0.1) is 5.92 Å². The molecule has 0 aromatic carbocycles. The Morgan fingerprint density at radius 1 is 1.03 bits per heavy atom. The number of nitrogens with zero attached hydrogens (tertiary/aromatic N) is 2.